The molecule has 1 aliphatic heterocycles. The smallest absolute Gasteiger partial charge is 0.303 e. The number of nitro benzene ring substituents is 1. The number of nitro groups is 1. The van der Waals surface area contributed by atoms with Crippen molar-refractivity contribution in [1.29, 1.82) is 0 Å². The third-order valence-electron chi connectivity index (χ3n) is 2.88. The number of rotatable bonds is 4. The molecule has 18 heavy (non-hydrogen) atoms. The van der Waals surface area contributed by atoms with E-state index in [1.165, 1.54) is 12.1 Å². The molecule has 0 spiro atoms. The molecule has 0 aliphatic carbocycles. The number of aliphatic imine (C=N–C) groups is 1. The number of carboxylic acids is 1. The lowest BCUT2D eigenvalue weighted by Gasteiger charge is -2.04. The Balaban J connectivity index is 2.12. The van der Waals surface area contributed by atoms with Crippen LogP contribution in [0.4, 0.5) is 5.69 Å². The molecule has 0 fully saturated rings. The summed E-state index contributed by atoms with van der Waals surface area (Å²) in [4.78, 5) is 25.1. The van der Waals surface area contributed by atoms with Crippen LogP contribution in [0, 0.1) is 16.0 Å². The molecular weight excluding hydrogens is 236 g/mol. The lowest BCUT2D eigenvalue weighted by atomic mass is 9.98. The van der Waals surface area contributed by atoms with Crippen molar-refractivity contribution >= 4 is 17.4 Å². The van der Waals surface area contributed by atoms with Gasteiger partial charge in [-0.2, -0.15) is 0 Å². The lowest BCUT2D eigenvalue weighted by Crippen LogP contribution is -2.09. The van der Waals surface area contributed by atoms with E-state index in [9.17, 15) is 14.9 Å². The summed E-state index contributed by atoms with van der Waals surface area (Å²) in [5.74, 6) is -0.841. The van der Waals surface area contributed by atoms with E-state index in [0.717, 1.165) is 5.71 Å². The fraction of sp³-hybridized carbons (Fsp3) is 0.333. The Hall–Kier alpha value is -2.24. The Morgan fingerprint density at radius 3 is 3.00 bits per heavy atom. The van der Waals surface area contributed by atoms with Gasteiger partial charge in [-0.1, -0.05) is 12.1 Å². The lowest BCUT2D eigenvalue weighted by molar-refractivity contribution is -0.384. The first-order chi connectivity index (χ1) is 8.56. The highest BCUT2D eigenvalue weighted by Crippen LogP contribution is 2.23. The van der Waals surface area contributed by atoms with Gasteiger partial charge in [0.1, 0.15) is 0 Å². The molecule has 1 aliphatic rings. The van der Waals surface area contributed by atoms with Gasteiger partial charge in [0, 0.05) is 30.0 Å². The predicted molar refractivity (Wildman–Crippen MR) is 64.9 cm³/mol. The number of hydrogen-bond acceptors (Lipinski definition) is 4. The van der Waals surface area contributed by atoms with Crippen LogP contribution in [0.3, 0.4) is 0 Å². The SMILES string of the molecule is O=C(O)CC1CN=C(c2cccc([N+](=O)[O-])c2)C1. The largest absolute Gasteiger partial charge is 0.481 e. The summed E-state index contributed by atoms with van der Waals surface area (Å²) in [5.41, 5.74) is 1.49. The summed E-state index contributed by atoms with van der Waals surface area (Å²) < 4.78 is 0. The predicted octanol–water partition coefficient (Wildman–Crippen LogP) is 1.88. The summed E-state index contributed by atoms with van der Waals surface area (Å²) in [6.45, 7) is 0.477. The average molecular weight is 248 g/mol. The van der Waals surface area contributed by atoms with Gasteiger partial charge in [-0.15, -0.1) is 0 Å². The Labute approximate surface area is 103 Å². The summed E-state index contributed by atoms with van der Waals surface area (Å²) in [5, 5.41) is 19.4. The highest BCUT2D eigenvalue weighted by molar-refractivity contribution is 6.02. The topological polar surface area (TPSA) is 92.8 Å². The molecule has 6 heteroatoms. The molecule has 0 bridgehead atoms. The molecule has 1 unspecified atom stereocenters. The van der Waals surface area contributed by atoms with Crippen molar-refractivity contribution in [1.82, 2.24) is 0 Å². The molecule has 0 saturated carbocycles. The van der Waals surface area contributed by atoms with Crippen LogP contribution in [0.25, 0.3) is 0 Å². The van der Waals surface area contributed by atoms with Gasteiger partial charge in [0.25, 0.3) is 5.69 Å². The van der Waals surface area contributed by atoms with E-state index in [1.807, 2.05) is 0 Å². The van der Waals surface area contributed by atoms with Crippen LogP contribution in [-0.2, 0) is 4.79 Å². The maximum absolute atomic E-state index is 10.7. The quantitative estimate of drug-likeness (QED) is 0.650. The van der Waals surface area contributed by atoms with Gasteiger partial charge in [0.15, 0.2) is 0 Å². The number of carbonyl (C=O) groups is 1. The second kappa shape index (κ2) is 4.95. The van der Waals surface area contributed by atoms with Crippen LogP contribution in [-0.4, -0.2) is 28.3 Å². The van der Waals surface area contributed by atoms with E-state index in [2.05, 4.69) is 4.99 Å². The maximum Gasteiger partial charge on any atom is 0.303 e. The maximum atomic E-state index is 10.7. The molecule has 0 radical (unpaired) electrons. The fourth-order valence-electron chi connectivity index (χ4n) is 2.03. The molecule has 1 aromatic rings. The Morgan fingerprint density at radius 1 is 1.56 bits per heavy atom. The van der Waals surface area contributed by atoms with Crippen LogP contribution in [0.5, 0.6) is 0 Å². The van der Waals surface area contributed by atoms with E-state index >= 15 is 0 Å². The summed E-state index contributed by atoms with van der Waals surface area (Å²) in [6, 6.07) is 6.27. The summed E-state index contributed by atoms with van der Waals surface area (Å²) in [7, 11) is 0. The Kier molecular flexibility index (Phi) is 3.36. The first kappa shape index (κ1) is 12.2. The minimum absolute atomic E-state index is 0.00300. The molecule has 0 saturated heterocycles. The van der Waals surface area contributed by atoms with Crippen molar-refractivity contribution in [3.05, 3.63) is 39.9 Å². The molecular formula is C12H12N2O4. The highest BCUT2D eigenvalue weighted by Gasteiger charge is 2.22. The monoisotopic (exact) mass is 248 g/mol. The minimum atomic E-state index is -0.838. The van der Waals surface area contributed by atoms with Gasteiger partial charge < -0.3 is 5.11 Å². The number of aliphatic carboxylic acids is 1. The number of non-ortho nitro benzene ring substituents is 1. The Morgan fingerprint density at radius 2 is 2.33 bits per heavy atom. The molecule has 1 aromatic carbocycles. The third-order valence-corrected chi connectivity index (χ3v) is 2.88. The molecule has 1 atom stereocenters. The van der Waals surface area contributed by atoms with Crippen LogP contribution in [0.2, 0.25) is 0 Å². The normalized spacial score (nSPS) is 18.4. The number of benzene rings is 1. The zero-order valence-corrected chi connectivity index (χ0v) is 9.57. The first-order valence-corrected chi connectivity index (χ1v) is 5.56. The number of hydrogen-bond donors (Lipinski definition) is 1. The van der Waals surface area contributed by atoms with E-state index in [4.69, 9.17) is 5.11 Å². The third kappa shape index (κ3) is 2.71. The molecule has 0 amide bonds. The molecule has 94 valence electrons. The van der Waals surface area contributed by atoms with Gasteiger partial charge in [-0.3, -0.25) is 19.9 Å². The number of nitrogens with zero attached hydrogens (tertiary/aromatic N) is 2. The molecule has 2 rings (SSSR count). The van der Waals surface area contributed by atoms with E-state index in [1.54, 1.807) is 12.1 Å². The fourth-order valence-corrected chi connectivity index (χ4v) is 2.03. The molecule has 1 heterocycles. The van der Waals surface area contributed by atoms with Crippen molar-refractivity contribution < 1.29 is 14.8 Å². The molecule has 1 N–H and O–H groups in total. The minimum Gasteiger partial charge on any atom is -0.481 e. The van der Waals surface area contributed by atoms with E-state index in [0.29, 0.717) is 18.5 Å². The van der Waals surface area contributed by atoms with Crippen LogP contribution >= 0.6 is 0 Å². The average Bonchev–Trinajstić information content (AvgIpc) is 2.77. The summed E-state index contributed by atoms with van der Waals surface area (Å²) >= 11 is 0. The second-order valence-electron chi connectivity index (χ2n) is 4.26. The second-order valence-corrected chi connectivity index (χ2v) is 4.26. The summed E-state index contributed by atoms with van der Waals surface area (Å²) in [6.07, 6.45) is 0.648. The van der Waals surface area contributed by atoms with Gasteiger partial charge in [-0.25, -0.2) is 0 Å². The zero-order chi connectivity index (χ0) is 13.1. The van der Waals surface area contributed by atoms with Crippen LogP contribution in [0.15, 0.2) is 29.3 Å². The van der Waals surface area contributed by atoms with Gasteiger partial charge >= 0.3 is 5.97 Å². The van der Waals surface area contributed by atoms with Crippen molar-refractivity contribution in [3.63, 3.8) is 0 Å². The Bertz CT molecular complexity index is 525. The van der Waals surface area contributed by atoms with E-state index < -0.39 is 10.9 Å². The number of carboxylic acid groups (broad SMARTS) is 1. The van der Waals surface area contributed by atoms with Crippen molar-refractivity contribution in [2.75, 3.05) is 6.54 Å². The first-order valence-electron chi connectivity index (χ1n) is 5.56. The molecule has 0 aromatic heterocycles. The van der Waals surface area contributed by atoms with Crippen molar-refractivity contribution in [2.45, 2.75) is 12.8 Å². The van der Waals surface area contributed by atoms with Gasteiger partial charge in [0.2, 0.25) is 0 Å². The standard InChI is InChI=1S/C12H12N2O4/c15-12(16)5-8-4-11(13-7-8)9-2-1-3-10(6-9)14(17)18/h1-3,6,8H,4-5,7H2,(H,15,16). The van der Waals surface area contributed by atoms with Gasteiger partial charge in [-0.05, 0) is 12.3 Å². The van der Waals surface area contributed by atoms with Crippen LogP contribution < -0.4 is 0 Å². The van der Waals surface area contributed by atoms with Gasteiger partial charge in [0.05, 0.1) is 11.3 Å². The van der Waals surface area contributed by atoms with Crippen molar-refractivity contribution in [3.8, 4) is 0 Å². The van der Waals surface area contributed by atoms with Crippen molar-refractivity contribution in [2.24, 2.45) is 10.9 Å². The zero-order valence-electron chi connectivity index (χ0n) is 9.57. The molecule has 6 nitrogen and oxygen atoms in total. The highest BCUT2D eigenvalue weighted by atomic mass is 16.6. The van der Waals surface area contributed by atoms with Crippen LogP contribution in [0.1, 0.15) is 18.4 Å². The van der Waals surface area contributed by atoms with E-state index in [-0.39, 0.29) is 18.0 Å².